The van der Waals surface area contributed by atoms with E-state index < -0.39 is 53.1 Å². The number of halogens is 5. The number of carboxylic acids is 1. The second-order valence-electron chi connectivity index (χ2n) is 12.4. The molecule has 7 nitrogen and oxygen atoms in total. The molecule has 1 heterocycles. The third kappa shape index (κ3) is 5.87. The second-order valence-corrected chi connectivity index (χ2v) is 13.2. The lowest BCUT2D eigenvalue weighted by atomic mass is 9.71. The maximum absolute atomic E-state index is 14.5. The first-order chi connectivity index (χ1) is 19.1. The first-order valence-corrected chi connectivity index (χ1v) is 14.5. The minimum atomic E-state index is -4.90. The molecule has 0 radical (unpaired) electrons. The number of Topliss-reactive ketones (excluding diaryl/α,β-unsaturated/α-hetero) is 1. The third-order valence-electron chi connectivity index (χ3n) is 9.18. The largest absolute Gasteiger partial charge is 0.481 e. The highest BCUT2D eigenvalue weighted by Crippen LogP contribution is 2.63. The fraction of sp³-hybridized carbons (Fsp3) is 0.586. The molecule has 1 amide bonds. The van der Waals surface area contributed by atoms with E-state index in [1.54, 1.807) is 26.0 Å². The van der Waals surface area contributed by atoms with Crippen molar-refractivity contribution in [3.8, 4) is 0 Å². The Hall–Kier alpha value is -2.59. The van der Waals surface area contributed by atoms with Crippen molar-refractivity contribution in [2.75, 3.05) is 13.1 Å². The number of rotatable bonds is 8. The van der Waals surface area contributed by atoms with Crippen LogP contribution < -0.4 is 0 Å². The molecule has 3 saturated carbocycles. The van der Waals surface area contributed by atoms with Gasteiger partial charge >= 0.3 is 12.1 Å². The van der Waals surface area contributed by atoms with Crippen LogP contribution in [0.4, 0.5) is 13.2 Å². The van der Waals surface area contributed by atoms with Gasteiger partial charge < -0.3 is 10.0 Å². The highest BCUT2D eigenvalue weighted by molar-refractivity contribution is 6.40. The minimum absolute atomic E-state index is 0.0273. The van der Waals surface area contributed by atoms with E-state index in [4.69, 9.17) is 23.2 Å². The van der Waals surface area contributed by atoms with Crippen LogP contribution in [0.25, 0.3) is 0 Å². The molecule has 1 aromatic carbocycles. The van der Waals surface area contributed by atoms with E-state index in [9.17, 15) is 32.7 Å². The van der Waals surface area contributed by atoms with Crippen molar-refractivity contribution < 1.29 is 32.7 Å². The molecule has 2 aromatic rings. The van der Waals surface area contributed by atoms with Gasteiger partial charge in [0.15, 0.2) is 11.5 Å². The maximum Gasteiger partial charge on any atom is 0.433 e. The zero-order valence-electron chi connectivity index (χ0n) is 22.9. The van der Waals surface area contributed by atoms with Gasteiger partial charge in [0, 0.05) is 6.54 Å². The van der Waals surface area contributed by atoms with E-state index in [1.165, 1.54) is 4.90 Å². The zero-order valence-corrected chi connectivity index (χ0v) is 24.4. The molecular weight excluding hydrogens is 582 g/mol. The van der Waals surface area contributed by atoms with Crippen LogP contribution in [0.15, 0.2) is 18.3 Å². The Morgan fingerprint density at radius 2 is 1.68 bits per heavy atom. The summed E-state index contributed by atoms with van der Waals surface area (Å²) in [5.41, 5.74) is -1.76. The Morgan fingerprint density at radius 1 is 1.10 bits per heavy atom. The highest BCUT2D eigenvalue weighted by atomic mass is 35.5. The number of amides is 1. The summed E-state index contributed by atoms with van der Waals surface area (Å²) in [6.07, 6.45) is 0.711. The predicted molar refractivity (Wildman–Crippen MR) is 146 cm³/mol. The number of hydrogen-bond acceptors (Lipinski definition) is 4. The fourth-order valence-electron chi connectivity index (χ4n) is 6.58. The van der Waals surface area contributed by atoms with Crippen LogP contribution >= 0.6 is 23.2 Å². The number of carbonyl (C=O) groups is 3. The van der Waals surface area contributed by atoms with Gasteiger partial charge in [0.25, 0.3) is 5.91 Å². The summed E-state index contributed by atoms with van der Waals surface area (Å²) in [4.78, 5) is 40.0. The monoisotopic (exact) mass is 613 g/mol. The normalized spacial score (nSPS) is 23.7. The van der Waals surface area contributed by atoms with E-state index in [1.807, 2.05) is 0 Å². The Morgan fingerprint density at radius 3 is 2.20 bits per heavy atom. The molecule has 3 aliphatic carbocycles. The standard InChI is InChI=1S/C29H32Cl2F3N3O4/c1-16-9-20(30)23(21(31)10-16)22(38)15-36(14-17-11-28(12-17)7-8-28)25(39)19-13-35-37(24(19)29(32,33)34)18-3-5-27(2,6-4-18)26(40)41/h9-10,13,17-18H,3-8,11-12,14-15H2,1-2H3,(H,40,41)/t18-,27-. The number of carboxylic acid groups (broad SMARTS) is 1. The third-order valence-corrected chi connectivity index (χ3v) is 9.78. The zero-order chi connectivity index (χ0) is 29.9. The van der Waals surface area contributed by atoms with E-state index in [0.29, 0.717) is 5.41 Å². The molecule has 0 bridgehead atoms. The Kier molecular flexibility index (Phi) is 7.72. The molecule has 1 aromatic heterocycles. The number of hydrogen-bond donors (Lipinski definition) is 1. The molecule has 3 aliphatic rings. The maximum atomic E-state index is 14.5. The molecule has 1 spiro atoms. The van der Waals surface area contributed by atoms with Crippen molar-refractivity contribution in [1.29, 1.82) is 0 Å². The molecular formula is C29H32Cl2F3N3O4. The van der Waals surface area contributed by atoms with Crippen molar-refractivity contribution >= 4 is 40.9 Å². The molecule has 0 unspecified atom stereocenters. The van der Waals surface area contributed by atoms with Gasteiger partial charge in [-0.2, -0.15) is 18.3 Å². The van der Waals surface area contributed by atoms with Gasteiger partial charge in [-0.05, 0) is 94.2 Å². The average molecular weight is 614 g/mol. The van der Waals surface area contributed by atoms with Crippen LogP contribution in [-0.4, -0.2) is 50.5 Å². The van der Waals surface area contributed by atoms with E-state index >= 15 is 0 Å². The topological polar surface area (TPSA) is 92.5 Å². The summed E-state index contributed by atoms with van der Waals surface area (Å²) in [6.45, 7) is 3.00. The summed E-state index contributed by atoms with van der Waals surface area (Å²) < 4.78 is 44.3. The number of benzene rings is 1. The lowest BCUT2D eigenvalue weighted by Gasteiger charge is -2.39. The summed E-state index contributed by atoms with van der Waals surface area (Å²) in [5.74, 6) is -2.40. The summed E-state index contributed by atoms with van der Waals surface area (Å²) in [5, 5.41) is 13.7. The van der Waals surface area contributed by atoms with Gasteiger partial charge in [-0.15, -0.1) is 0 Å². The number of ketones is 1. The molecule has 1 N–H and O–H groups in total. The van der Waals surface area contributed by atoms with E-state index in [0.717, 1.165) is 42.1 Å². The second kappa shape index (κ2) is 10.6. The van der Waals surface area contributed by atoms with Crippen molar-refractivity contribution in [2.24, 2.45) is 16.7 Å². The smallest absolute Gasteiger partial charge is 0.433 e. The Bertz CT molecular complexity index is 1360. The Balaban J connectivity index is 1.44. The molecule has 5 rings (SSSR count). The van der Waals surface area contributed by atoms with Crippen molar-refractivity contribution in [3.63, 3.8) is 0 Å². The number of aliphatic carboxylic acids is 1. The number of alkyl halides is 3. The van der Waals surface area contributed by atoms with Crippen molar-refractivity contribution in [2.45, 2.75) is 77.4 Å². The molecule has 0 aliphatic heterocycles. The predicted octanol–water partition coefficient (Wildman–Crippen LogP) is 7.24. The lowest BCUT2D eigenvalue weighted by molar-refractivity contribution is -0.152. The van der Waals surface area contributed by atoms with Crippen LogP contribution in [-0.2, 0) is 11.0 Å². The first-order valence-electron chi connectivity index (χ1n) is 13.8. The van der Waals surface area contributed by atoms with Crippen LogP contribution in [0.3, 0.4) is 0 Å². The molecule has 222 valence electrons. The minimum Gasteiger partial charge on any atom is -0.481 e. The van der Waals surface area contributed by atoms with E-state index in [-0.39, 0.29) is 53.8 Å². The average Bonchev–Trinajstić information content (AvgIpc) is 3.51. The highest BCUT2D eigenvalue weighted by Gasteiger charge is 2.53. The number of carbonyl (C=O) groups excluding carboxylic acids is 2. The van der Waals surface area contributed by atoms with E-state index in [2.05, 4.69) is 5.10 Å². The van der Waals surface area contributed by atoms with Gasteiger partial charge in [-0.25, -0.2) is 0 Å². The fourth-order valence-corrected chi connectivity index (χ4v) is 7.38. The van der Waals surface area contributed by atoms with Crippen LogP contribution in [0.5, 0.6) is 0 Å². The summed E-state index contributed by atoms with van der Waals surface area (Å²) in [7, 11) is 0. The lowest BCUT2D eigenvalue weighted by Crippen LogP contribution is -2.43. The van der Waals surface area contributed by atoms with Crippen LogP contribution in [0.2, 0.25) is 10.0 Å². The van der Waals surface area contributed by atoms with Crippen LogP contribution in [0, 0.1) is 23.7 Å². The molecule has 0 saturated heterocycles. The van der Waals surface area contributed by atoms with Gasteiger partial charge in [-0.3, -0.25) is 19.1 Å². The molecule has 12 heteroatoms. The quantitative estimate of drug-likeness (QED) is 0.317. The van der Waals surface area contributed by atoms with Crippen molar-refractivity contribution in [1.82, 2.24) is 14.7 Å². The van der Waals surface area contributed by atoms with Crippen molar-refractivity contribution in [3.05, 3.63) is 50.8 Å². The summed E-state index contributed by atoms with van der Waals surface area (Å²) in [6, 6.07) is 2.43. The van der Waals surface area contributed by atoms with Crippen LogP contribution in [0.1, 0.15) is 96.3 Å². The molecule has 3 fully saturated rings. The summed E-state index contributed by atoms with van der Waals surface area (Å²) >= 11 is 12.6. The SMILES string of the molecule is Cc1cc(Cl)c(C(=O)CN(CC2CC3(CC3)C2)C(=O)c2cnn([C@H]3CC[C@](C)(C(=O)O)CC3)c2C(F)(F)F)c(Cl)c1. The number of aromatic nitrogens is 2. The first kappa shape index (κ1) is 29.9. The number of nitrogens with zero attached hydrogens (tertiary/aromatic N) is 3. The molecule has 0 atom stereocenters. The molecule has 41 heavy (non-hydrogen) atoms. The number of aryl methyl sites for hydroxylation is 1. The van der Waals surface area contributed by atoms with Gasteiger partial charge in [0.05, 0.1) is 45.4 Å². The van der Waals surface area contributed by atoms with Gasteiger partial charge in [-0.1, -0.05) is 23.2 Å². The van der Waals surface area contributed by atoms with Gasteiger partial charge in [0.1, 0.15) is 0 Å². The Labute approximate surface area is 246 Å². The van der Waals surface area contributed by atoms with Gasteiger partial charge in [0.2, 0.25) is 0 Å².